The molecule has 1 fully saturated rings. The monoisotopic (exact) mass is 276 g/mol. The van der Waals surface area contributed by atoms with E-state index in [1.165, 1.54) is 0 Å². The lowest BCUT2D eigenvalue weighted by molar-refractivity contribution is -0.124. The summed E-state index contributed by atoms with van der Waals surface area (Å²) in [6, 6.07) is 9.76. The maximum atomic E-state index is 12.0. The van der Waals surface area contributed by atoms with E-state index in [1.54, 1.807) is 11.8 Å². The minimum Gasteiger partial charge on any atom is -0.368 e. The second kappa shape index (κ2) is 7.17. The van der Waals surface area contributed by atoms with Gasteiger partial charge in [-0.1, -0.05) is 12.1 Å². The second-order valence-corrected chi connectivity index (χ2v) is 5.38. The smallest absolute Gasteiger partial charge is 0.253 e. The highest BCUT2D eigenvalue weighted by atomic mass is 32.2. The first-order valence-electron chi connectivity index (χ1n) is 6.32. The molecule has 1 heterocycles. The summed E-state index contributed by atoms with van der Waals surface area (Å²) in [7, 11) is 0. The normalized spacial score (nSPS) is 17.9. The van der Waals surface area contributed by atoms with E-state index >= 15 is 0 Å². The number of para-hydroxylation sites is 1. The molecule has 1 amide bonds. The molecule has 4 nitrogen and oxygen atoms in total. The molecule has 1 saturated heterocycles. The number of benzene rings is 1. The number of hydrogen-bond donors (Lipinski definition) is 1. The predicted octanol–water partition coefficient (Wildman–Crippen LogP) is 2.81. The third-order valence-corrected chi connectivity index (χ3v) is 3.91. The van der Waals surface area contributed by atoms with E-state index < -0.39 is 0 Å². The molecular weight excluding hydrogens is 260 g/mol. The molecule has 1 N–H and O–H groups in total. The van der Waals surface area contributed by atoms with Crippen LogP contribution in [0.5, 0.6) is 0 Å². The summed E-state index contributed by atoms with van der Waals surface area (Å²) in [6.07, 6.45) is 1.91. The molecule has 0 aliphatic carbocycles. The Bertz CT molecular complexity index is 479. The lowest BCUT2D eigenvalue weighted by atomic mass is 10.2. The molecule has 1 aromatic rings. The van der Waals surface area contributed by atoms with Gasteiger partial charge in [0, 0.05) is 23.7 Å². The first kappa shape index (κ1) is 13.9. The Balaban J connectivity index is 1.98. The van der Waals surface area contributed by atoms with Crippen molar-refractivity contribution in [3.05, 3.63) is 24.3 Å². The van der Waals surface area contributed by atoms with Gasteiger partial charge in [0.25, 0.3) is 5.91 Å². The van der Waals surface area contributed by atoms with E-state index in [0.717, 1.165) is 29.2 Å². The topological polar surface area (TPSA) is 62.1 Å². The van der Waals surface area contributed by atoms with E-state index in [9.17, 15) is 4.79 Å². The molecule has 1 atom stereocenters. The van der Waals surface area contributed by atoms with Gasteiger partial charge >= 0.3 is 0 Å². The second-order valence-electron chi connectivity index (χ2n) is 4.24. The standard InChI is InChI=1S/C14H16N2O2S/c15-8-4-10-19-13-7-2-1-5-11(13)16-14(17)12-6-3-9-18-12/h1-2,5,7,12H,3-4,6,9-10H2,(H,16,17)/t12-/m1/s1. The van der Waals surface area contributed by atoms with Crippen molar-refractivity contribution in [1.82, 2.24) is 0 Å². The maximum Gasteiger partial charge on any atom is 0.253 e. The molecule has 19 heavy (non-hydrogen) atoms. The van der Waals surface area contributed by atoms with Crippen LogP contribution >= 0.6 is 11.8 Å². The molecule has 0 unspecified atom stereocenters. The summed E-state index contributed by atoms with van der Waals surface area (Å²) in [5.74, 6) is 0.648. The van der Waals surface area contributed by atoms with Crippen molar-refractivity contribution >= 4 is 23.4 Å². The van der Waals surface area contributed by atoms with Crippen LogP contribution in [0.1, 0.15) is 19.3 Å². The molecule has 0 spiro atoms. The molecule has 5 heteroatoms. The summed E-state index contributed by atoms with van der Waals surface area (Å²) in [5, 5.41) is 11.5. The predicted molar refractivity (Wildman–Crippen MR) is 75.0 cm³/mol. The molecule has 2 rings (SSSR count). The minimum atomic E-state index is -0.322. The highest BCUT2D eigenvalue weighted by Crippen LogP contribution is 2.28. The van der Waals surface area contributed by atoms with E-state index in [0.29, 0.717) is 13.0 Å². The van der Waals surface area contributed by atoms with Crippen LogP contribution in [-0.2, 0) is 9.53 Å². The van der Waals surface area contributed by atoms with Crippen molar-refractivity contribution in [3.8, 4) is 6.07 Å². The van der Waals surface area contributed by atoms with Crippen LogP contribution in [0.4, 0.5) is 5.69 Å². The van der Waals surface area contributed by atoms with Crippen molar-refractivity contribution in [3.63, 3.8) is 0 Å². The Hall–Kier alpha value is -1.51. The van der Waals surface area contributed by atoms with E-state index in [4.69, 9.17) is 10.00 Å². The number of rotatable bonds is 5. The van der Waals surface area contributed by atoms with Gasteiger partial charge in [-0.25, -0.2) is 0 Å². The van der Waals surface area contributed by atoms with Gasteiger partial charge in [0.1, 0.15) is 6.10 Å². The number of thioether (sulfide) groups is 1. The summed E-state index contributed by atoms with van der Waals surface area (Å²) >= 11 is 1.58. The lowest BCUT2D eigenvalue weighted by Crippen LogP contribution is -2.27. The van der Waals surface area contributed by atoms with Crippen molar-refractivity contribution in [2.45, 2.75) is 30.3 Å². The van der Waals surface area contributed by atoms with Crippen molar-refractivity contribution < 1.29 is 9.53 Å². The Morgan fingerprint density at radius 3 is 3.11 bits per heavy atom. The van der Waals surface area contributed by atoms with Crippen molar-refractivity contribution in [2.24, 2.45) is 0 Å². The fourth-order valence-corrected chi connectivity index (χ4v) is 2.76. The maximum absolute atomic E-state index is 12.0. The molecule has 0 radical (unpaired) electrons. The minimum absolute atomic E-state index is 0.0779. The van der Waals surface area contributed by atoms with Gasteiger partial charge in [-0.3, -0.25) is 4.79 Å². The molecule has 100 valence electrons. The fourth-order valence-electron chi connectivity index (χ4n) is 1.90. The van der Waals surface area contributed by atoms with Crippen LogP contribution in [0, 0.1) is 11.3 Å². The average Bonchev–Trinajstić information content (AvgIpc) is 2.95. The number of amides is 1. The third-order valence-electron chi connectivity index (χ3n) is 2.84. The van der Waals surface area contributed by atoms with Gasteiger partial charge < -0.3 is 10.1 Å². The summed E-state index contributed by atoms with van der Waals surface area (Å²) in [6.45, 7) is 0.663. The zero-order valence-corrected chi connectivity index (χ0v) is 11.4. The Labute approximate surface area is 117 Å². The lowest BCUT2D eigenvalue weighted by Gasteiger charge is -2.13. The van der Waals surface area contributed by atoms with Crippen LogP contribution in [0.25, 0.3) is 0 Å². The number of carbonyl (C=O) groups excluding carboxylic acids is 1. The molecular formula is C14H16N2O2S. The van der Waals surface area contributed by atoms with Crippen LogP contribution in [0.2, 0.25) is 0 Å². The number of nitriles is 1. The number of nitrogens with one attached hydrogen (secondary N) is 1. The summed E-state index contributed by atoms with van der Waals surface area (Å²) < 4.78 is 5.36. The summed E-state index contributed by atoms with van der Waals surface area (Å²) in [5.41, 5.74) is 0.797. The zero-order chi connectivity index (χ0) is 13.5. The molecule has 0 bridgehead atoms. The summed E-state index contributed by atoms with van der Waals surface area (Å²) in [4.78, 5) is 13.0. The van der Waals surface area contributed by atoms with Gasteiger partial charge in [0.2, 0.25) is 0 Å². The van der Waals surface area contributed by atoms with Crippen molar-refractivity contribution in [1.29, 1.82) is 5.26 Å². The fraction of sp³-hybridized carbons (Fsp3) is 0.429. The molecule has 1 aromatic carbocycles. The number of hydrogen-bond acceptors (Lipinski definition) is 4. The van der Waals surface area contributed by atoms with Gasteiger partial charge in [0.15, 0.2) is 0 Å². The average molecular weight is 276 g/mol. The molecule has 1 aliphatic heterocycles. The van der Waals surface area contributed by atoms with E-state index in [-0.39, 0.29) is 12.0 Å². The van der Waals surface area contributed by atoms with E-state index in [2.05, 4.69) is 11.4 Å². The van der Waals surface area contributed by atoms with Gasteiger partial charge in [-0.15, -0.1) is 11.8 Å². The highest BCUT2D eigenvalue weighted by Gasteiger charge is 2.23. The Kier molecular flexibility index (Phi) is 5.25. The Morgan fingerprint density at radius 2 is 2.37 bits per heavy atom. The molecule has 1 aliphatic rings. The van der Waals surface area contributed by atoms with Crippen LogP contribution in [-0.4, -0.2) is 24.4 Å². The van der Waals surface area contributed by atoms with Crippen LogP contribution < -0.4 is 5.32 Å². The van der Waals surface area contributed by atoms with Crippen LogP contribution in [0.15, 0.2) is 29.2 Å². The largest absolute Gasteiger partial charge is 0.368 e. The Morgan fingerprint density at radius 1 is 1.53 bits per heavy atom. The molecule has 0 aromatic heterocycles. The van der Waals surface area contributed by atoms with E-state index in [1.807, 2.05) is 24.3 Å². The van der Waals surface area contributed by atoms with Crippen molar-refractivity contribution in [2.75, 3.05) is 17.7 Å². The number of anilines is 1. The SMILES string of the molecule is N#CCCSc1ccccc1NC(=O)[C@H]1CCCO1. The highest BCUT2D eigenvalue weighted by molar-refractivity contribution is 7.99. The number of nitrogens with zero attached hydrogens (tertiary/aromatic N) is 1. The number of carbonyl (C=O) groups is 1. The zero-order valence-electron chi connectivity index (χ0n) is 10.6. The third kappa shape index (κ3) is 3.98. The quantitative estimate of drug-likeness (QED) is 0.663. The molecule has 0 saturated carbocycles. The first-order valence-corrected chi connectivity index (χ1v) is 7.31. The van der Waals surface area contributed by atoms with Gasteiger partial charge in [-0.2, -0.15) is 5.26 Å². The van der Waals surface area contributed by atoms with Crippen LogP contribution in [0.3, 0.4) is 0 Å². The van der Waals surface area contributed by atoms with Gasteiger partial charge in [-0.05, 0) is 25.0 Å². The number of ether oxygens (including phenoxy) is 1. The van der Waals surface area contributed by atoms with Gasteiger partial charge in [0.05, 0.1) is 11.8 Å². The first-order chi connectivity index (χ1) is 9.31.